The second kappa shape index (κ2) is 7.50. The number of esters is 1. The van der Waals surface area contributed by atoms with Crippen LogP contribution in [-0.4, -0.2) is 38.1 Å². The molecule has 0 aliphatic rings. The molecular formula is C12H18N2O4. The van der Waals surface area contributed by atoms with Crippen molar-refractivity contribution in [2.45, 2.75) is 19.4 Å². The van der Waals surface area contributed by atoms with Crippen LogP contribution in [0.3, 0.4) is 0 Å². The Balaban J connectivity index is 2.28. The minimum atomic E-state index is -0.663. The van der Waals surface area contributed by atoms with E-state index < -0.39 is 12.0 Å². The molecule has 0 spiro atoms. The Kier molecular flexibility index (Phi) is 5.93. The second-order valence-corrected chi connectivity index (χ2v) is 3.81. The Hall–Kier alpha value is -1.82. The normalized spacial score (nSPS) is 11.9. The van der Waals surface area contributed by atoms with Crippen LogP contribution in [0.15, 0.2) is 22.8 Å². The first kappa shape index (κ1) is 14.2. The van der Waals surface area contributed by atoms with Gasteiger partial charge in [-0.2, -0.15) is 0 Å². The predicted octanol–water partition coefficient (Wildman–Crippen LogP) is 0.0894. The highest BCUT2D eigenvalue weighted by molar-refractivity contribution is 5.83. The highest BCUT2D eigenvalue weighted by atomic mass is 16.5. The Labute approximate surface area is 106 Å². The van der Waals surface area contributed by atoms with Crippen LogP contribution in [0.2, 0.25) is 0 Å². The summed E-state index contributed by atoms with van der Waals surface area (Å²) in [4.78, 5) is 22.3. The fraction of sp³-hybridized carbons (Fsp3) is 0.500. The third-order valence-electron chi connectivity index (χ3n) is 2.34. The van der Waals surface area contributed by atoms with E-state index in [-0.39, 0.29) is 5.91 Å². The van der Waals surface area contributed by atoms with E-state index in [4.69, 9.17) is 4.42 Å². The van der Waals surface area contributed by atoms with Gasteiger partial charge in [0, 0.05) is 26.4 Å². The molecule has 1 unspecified atom stereocenters. The minimum Gasteiger partial charge on any atom is -0.469 e. The van der Waals surface area contributed by atoms with Gasteiger partial charge in [-0.05, 0) is 12.1 Å². The van der Waals surface area contributed by atoms with Crippen LogP contribution in [0.25, 0.3) is 0 Å². The molecule has 1 aromatic rings. The molecule has 0 aliphatic heterocycles. The predicted molar refractivity (Wildman–Crippen MR) is 64.9 cm³/mol. The summed E-state index contributed by atoms with van der Waals surface area (Å²) in [7, 11) is 1.29. The maximum absolute atomic E-state index is 11.4. The highest BCUT2D eigenvalue weighted by Gasteiger charge is 2.19. The number of nitrogens with one attached hydrogen (secondary N) is 2. The molecule has 1 heterocycles. The van der Waals surface area contributed by atoms with Gasteiger partial charge in [0.15, 0.2) is 0 Å². The lowest BCUT2D eigenvalue weighted by atomic mass is 10.2. The van der Waals surface area contributed by atoms with Crippen molar-refractivity contribution < 1.29 is 18.7 Å². The van der Waals surface area contributed by atoms with Crippen LogP contribution >= 0.6 is 0 Å². The van der Waals surface area contributed by atoms with Crippen LogP contribution in [0.4, 0.5) is 0 Å². The van der Waals surface area contributed by atoms with Gasteiger partial charge in [0.2, 0.25) is 5.91 Å². The number of rotatable bonds is 7. The lowest BCUT2D eigenvalue weighted by Crippen LogP contribution is -2.47. The first-order valence-electron chi connectivity index (χ1n) is 5.71. The summed E-state index contributed by atoms with van der Waals surface area (Å²) < 4.78 is 9.78. The molecule has 0 fully saturated rings. The molecule has 6 nitrogen and oxygen atoms in total. The van der Waals surface area contributed by atoms with Crippen molar-refractivity contribution in [3.8, 4) is 0 Å². The number of amides is 1. The van der Waals surface area contributed by atoms with Gasteiger partial charge in [-0.15, -0.1) is 0 Å². The van der Waals surface area contributed by atoms with Gasteiger partial charge in [-0.25, -0.2) is 4.79 Å². The van der Waals surface area contributed by atoms with Crippen molar-refractivity contribution in [2.75, 3.05) is 20.2 Å². The van der Waals surface area contributed by atoms with E-state index >= 15 is 0 Å². The highest BCUT2D eigenvalue weighted by Crippen LogP contribution is 1.99. The van der Waals surface area contributed by atoms with Crippen LogP contribution < -0.4 is 10.6 Å². The Morgan fingerprint density at radius 3 is 2.83 bits per heavy atom. The lowest BCUT2D eigenvalue weighted by Gasteiger charge is -2.15. The van der Waals surface area contributed by atoms with E-state index in [1.807, 2.05) is 12.1 Å². The fourth-order valence-corrected chi connectivity index (χ4v) is 1.49. The molecule has 0 saturated carbocycles. The number of hydrogen-bond donors (Lipinski definition) is 2. The quantitative estimate of drug-likeness (QED) is 0.532. The summed E-state index contributed by atoms with van der Waals surface area (Å²) in [6, 6.07) is 3.04. The monoisotopic (exact) mass is 254 g/mol. The van der Waals surface area contributed by atoms with E-state index in [0.29, 0.717) is 13.1 Å². The molecule has 1 aromatic heterocycles. The van der Waals surface area contributed by atoms with Crippen molar-refractivity contribution in [3.63, 3.8) is 0 Å². The Morgan fingerprint density at radius 2 is 2.28 bits per heavy atom. The summed E-state index contributed by atoms with van der Waals surface area (Å²) >= 11 is 0. The van der Waals surface area contributed by atoms with Gasteiger partial charge < -0.3 is 19.8 Å². The van der Waals surface area contributed by atoms with E-state index in [2.05, 4.69) is 15.4 Å². The standard InChI is InChI=1S/C12H18N2O4/c1-9(15)14-11(12(16)17-2)8-13-6-5-10-4-3-7-18-10/h3-4,7,11,13H,5-6,8H2,1-2H3,(H,14,15). The van der Waals surface area contributed by atoms with E-state index in [0.717, 1.165) is 12.2 Å². The molecule has 18 heavy (non-hydrogen) atoms. The molecule has 0 aromatic carbocycles. The Morgan fingerprint density at radius 1 is 1.50 bits per heavy atom. The number of carbonyl (C=O) groups is 2. The van der Waals surface area contributed by atoms with Crippen molar-refractivity contribution in [2.24, 2.45) is 0 Å². The summed E-state index contributed by atoms with van der Waals surface area (Å²) in [6.07, 6.45) is 2.34. The molecule has 1 atom stereocenters. The van der Waals surface area contributed by atoms with E-state index in [1.54, 1.807) is 6.26 Å². The zero-order valence-corrected chi connectivity index (χ0v) is 10.6. The average Bonchev–Trinajstić information content (AvgIpc) is 2.84. The maximum Gasteiger partial charge on any atom is 0.329 e. The zero-order valence-electron chi connectivity index (χ0n) is 10.6. The van der Waals surface area contributed by atoms with Crippen molar-refractivity contribution in [3.05, 3.63) is 24.2 Å². The van der Waals surface area contributed by atoms with Crippen molar-refractivity contribution >= 4 is 11.9 Å². The summed E-state index contributed by atoms with van der Waals surface area (Å²) in [5, 5.41) is 5.59. The van der Waals surface area contributed by atoms with Gasteiger partial charge in [0.1, 0.15) is 11.8 Å². The number of hydrogen-bond acceptors (Lipinski definition) is 5. The van der Waals surface area contributed by atoms with E-state index in [1.165, 1.54) is 14.0 Å². The molecule has 6 heteroatoms. The van der Waals surface area contributed by atoms with Crippen LogP contribution in [0.5, 0.6) is 0 Å². The molecule has 1 amide bonds. The number of methoxy groups -OCH3 is 1. The van der Waals surface area contributed by atoms with Gasteiger partial charge in [-0.1, -0.05) is 0 Å². The van der Waals surface area contributed by atoms with Crippen molar-refractivity contribution in [1.29, 1.82) is 0 Å². The van der Waals surface area contributed by atoms with Gasteiger partial charge in [0.05, 0.1) is 13.4 Å². The van der Waals surface area contributed by atoms with Crippen molar-refractivity contribution in [1.82, 2.24) is 10.6 Å². The van der Waals surface area contributed by atoms with Crippen LogP contribution in [-0.2, 0) is 20.7 Å². The lowest BCUT2D eigenvalue weighted by molar-refractivity contribution is -0.144. The third kappa shape index (κ3) is 5.01. The average molecular weight is 254 g/mol. The molecular weight excluding hydrogens is 236 g/mol. The summed E-state index contributed by atoms with van der Waals surface area (Å²) in [5.74, 6) is 0.144. The molecule has 0 saturated heterocycles. The van der Waals surface area contributed by atoms with Gasteiger partial charge >= 0.3 is 5.97 Å². The zero-order chi connectivity index (χ0) is 13.4. The molecule has 2 N–H and O–H groups in total. The maximum atomic E-state index is 11.4. The molecule has 100 valence electrons. The number of ether oxygens (including phenoxy) is 1. The fourth-order valence-electron chi connectivity index (χ4n) is 1.49. The number of carbonyl (C=O) groups excluding carboxylic acids is 2. The summed E-state index contributed by atoms with van der Waals surface area (Å²) in [6.45, 7) is 2.34. The minimum absolute atomic E-state index is 0.266. The smallest absolute Gasteiger partial charge is 0.329 e. The summed E-state index contributed by atoms with van der Waals surface area (Å²) in [5.41, 5.74) is 0. The van der Waals surface area contributed by atoms with Gasteiger partial charge in [-0.3, -0.25) is 4.79 Å². The third-order valence-corrected chi connectivity index (χ3v) is 2.34. The molecule has 0 bridgehead atoms. The molecule has 1 rings (SSSR count). The first-order chi connectivity index (χ1) is 8.63. The molecule has 0 radical (unpaired) electrons. The van der Waals surface area contributed by atoms with Crippen LogP contribution in [0.1, 0.15) is 12.7 Å². The number of furan rings is 1. The largest absolute Gasteiger partial charge is 0.469 e. The second-order valence-electron chi connectivity index (χ2n) is 3.81. The first-order valence-corrected chi connectivity index (χ1v) is 5.71. The SMILES string of the molecule is COC(=O)C(CNCCc1ccco1)NC(C)=O. The van der Waals surface area contributed by atoms with Crippen LogP contribution in [0, 0.1) is 0 Å². The molecule has 0 aliphatic carbocycles. The topological polar surface area (TPSA) is 80.6 Å². The Bertz CT molecular complexity index is 375. The van der Waals surface area contributed by atoms with E-state index in [9.17, 15) is 9.59 Å². The van der Waals surface area contributed by atoms with Gasteiger partial charge in [0.25, 0.3) is 0 Å².